The minimum atomic E-state index is -0.370. The summed E-state index contributed by atoms with van der Waals surface area (Å²) in [5.74, 6) is 0.106. The van der Waals surface area contributed by atoms with Crippen molar-refractivity contribution in [1.29, 1.82) is 0 Å². The molecule has 3 aromatic rings. The van der Waals surface area contributed by atoms with E-state index in [0.29, 0.717) is 10.8 Å². The van der Waals surface area contributed by atoms with Crippen LogP contribution < -0.4 is 5.32 Å². The van der Waals surface area contributed by atoms with Crippen LogP contribution in [0.2, 0.25) is 0 Å². The van der Waals surface area contributed by atoms with E-state index in [1.165, 1.54) is 11.8 Å². The Kier molecular flexibility index (Phi) is 6.65. The number of aromatic hydroxyl groups is 1. The highest BCUT2D eigenvalue weighted by Crippen LogP contribution is 2.25. The van der Waals surface area contributed by atoms with Crippen LogP contribution in [0.25, 0.3) is 5.69 Å². The third kappa shape index (κ3) is 4.89. The largest absolute Gasteiger partial charge is 0.508 e. The molecule has 0 bridgehead atoms. The normalized spacial score (nSPS) is 13.1. The summed E-state index contributed by atoms with van der Waals surface area (Å²) < 4.78 is 1.55. The van der Waals surface area contributed by atoms with Gasteiger partial charge in [-0.15, -0.1) is 5.10 Å². The van der Waals surface area contributed by atoms with Crippen LogP contribution in [0.3, 0.4) is 0 Å². The van der Waals surface area contributed by atoms with Crippen molar-refractivity contribution in [2.24, 2.45) is 0 Å². The molecule has 146 valence electrons. The van der Waals surface area contributed by atoms with Gasteiger partial charge in [-0.3, -0.25) is 4.79 Å². The van der Waals surface area contributed by atoms with E-state index in [4.69, 9.17) is 0 Å². The third-order valence-corrected chi connectivity index (χ3v) is 5.32. The van der Waals surface area contributed by atoms with Gasteiger partial charge in [-0.05, 0) is 53.6 Å². The predicted molar refractivity (Wildman–Crippen MR) is 108 cm³/mol. The number of amides is 1. The first-order valence-electron chi connectivity index (χ1n) is 9.18. The Hall–Kier alpha value is -2.87. The molecule has 0 aliphatic carbocycles. The summed E-state index contributed by atoms with van der Waals surface area (Å²) in [4.78, 5) is 12.8. The summed E-state index contributed by atoms with van der Waals surface area (Å²) in [6.45, 7) is 3.94. The fourth-order valence-electron chi connectivity index (χ4n) is 2.81. The maximum Gasteiger partial charge on any atom is 0.233 e. The van der Waals surface area contributed by atoms with E-state index in [1.54, 1.807) is 28.9 Å². The molecule has 0 saturated heterocycles. The number of tetrazole rings is 1. The standard InChI is InChI=1S/C20H23N5O2S/c1-3-7-18(15-8-5-4-6-9-15)21-19(27)14(2)28-20-22-23-24-25(20)16-10-12-17(26)13-11-16/h4-6,8-14,18,26H,3,7H2,1-2H3,(H,21,27)/t14-,18+/m0/s1. The molecule has 7 nitrogen and oxygen atoms in total. The average Bonchev–Trinajstić information content (AvgIpc) is 3.17. The van der Waals surface area contributed by atoms with Crippen molar-refractivity contribution in [3.05, 3.63) is 60.2 Å². The number of nitrogens with zero attached hydrogens (tertiary/aromatic N) is 4. The van der Waals surface area contributed by atoms with Crippen molar-refractivity contribution >= 4 is 17.7 Å². The molecule has 2 aromatic carbocycles. The Morgan fingerprint density at radius 3 is 2.57 bits per heavy atom. The molecule has 0 unspecified atom stereocenters. The zero-order valence-corrected chi connectivity index (χ0v) is 16.6. The molecule has 2 N–H and O–H groups in total. The number of carbonyl (C=O) groups excluding carboxylic acids is 1. The molecule has 0 fully saturated rings. The lowest BCUT2D eigenvalue weighted by Crippen LogP contribution is -2.34. The maximum absolute atomic E-state index is 12.8. The quantitative estimate of drug-likeness (QED) is 0.565. The molecule has 1 aromatic heterocycles. The SMILES string of the molecule is CCC[C@@H](NC(=O)[C@H](C)Sc1nnnn1-c1ccc(O)cc1)c1ccccc1. The van der Waals surface area contributed by atoms with Crippen molar-refractivity contribution < 1.29 is 9.90 Å². The van der Waals surface area contributed by atoms with E-state index in [-0.39, 0.29) is 22.9 Å². The number of hydrogen-bond donors (Lipinski definition) is 2. The van der Waals surface area contributed by atoms with E-state index in [0.717, 1.165) is 18.4 Å². The summed E-state index contributed by atoms with van der Waals surface area (Å²) >= 11 is 1.29. The molecule has 0 aliphatic rings. The Morgan fingerprint density at radius 2 is 1.89 bits per heavy atom. The van der Waals surface area contributed by atoms with Gasteiger partial charge in [0.1, 0.15) is 5.75 Å². The van der Waals surface area contributed by atoms with Gasteiger partial charge in [0, 0.05) is 0 Å². The average molecular weight is 398 g/mol. The number of thioether (sulfide) groups is 1. The Morgan fingerprint density at radius 1 is 1.18 bits per heavy atom. The molecule has 3 rings (SSSR count). The van der Waals surface area contributed by atoms with Gasteiger partial charge >= 0.3 is 0 Å². The highest BCUT2D eigenvalue weighted by atomic mass is 32.2. The van der Waals surface area contributed by atoms with E-state index < -0.39 is 0 Å². The number of phenolic OH excluding ortho intramolecular Hbond substituents is 1. The lowest BCUT2D eigenvalue weighted by Gasteiger charge is -2.21. The predicted octanol–water partition coefficient (Wildman–Crippen LogP) is 3.51. The number of aromatic nitrogens is 4. The van der Waals surface area contributed by atoms with Gasteiger partial charge in [-0.2, -0.15) is 4.68 Å². The summed E-state index contributed by atoms with van der Waals surface area (Å²) in [7, 11) is 0. The van der Waals surface area contributed by atoms with Crippen molar-refractivity contribution in [2.45, 2.75) is 43.1 Å². The number of phenols is 1. The van der Waals surface area contributed by atoms with Crippen LogP contribution in [0.15, 0.2) is 59.8 Å². The minimum Gasteiger partial charge on any atom is -0.508 e. The van der Waals surface area contributed by atoms with Gasteiger partial charge in [-0.25, -0.2) is 0 Å². The molecular formula is C20H23N5O2S. The molecule has 0 spiro atoms. The smallest absolute Gasteiger partial charge is 0.233 e. The van der Waals surface area contributed by atoms with E-state index >= 15 is 0 Å². The first-order chi connectivity index (χ1) is 13.6. The van der Waals surface area contributed by atoms with Crippen LogP contribution in [-0.2, 0) is 4.79 Å². The van der Waals surface area contributed by atoms with Crippen LogP contribution >= 0.6 is 11.8 Å². The summed E-state index contributed by atoms with van der Waals surface area (Å²) in [6, 6.07) is 16.5. The second kappa shape index (κ2) is 9.36. The van der Waals surface area contributed by atoms with Gasteiger partial charge in [0.15, 0.2) is 0 Å². The first kappa shape index (κ1) is 19.9. The zero-order chi connectivity index (χ0) is 19.9. The fourth-order valence-corrected chi connectivity index (χ4v) is 3.62. The second-order valence-corrected chi connectivity index (χ2v) is 7.72. The summed E-state index contributed by atoms with van der Waals surface area (Å²) in [5, 5.41) is 24.5. The van der Waals surface area contributed by atoms with Crippen molar-refractivity contribution in [3.63, 3.8) is 0 Å². The number of rotatable bonds is 8. The van der Waals surface area contributed by atoms with Crippen molar-refractivity contribution in [1.82, 2.24) is 25.5 Å². The number of benzene rings is 2. The van der Waals surface area contributed by atoms with E-state index in [9.17, 15) is 9.90 Å². The van der Waals surface area contributed by atoms with Crippen LogP contribution in [0.4, 0.5) is 0 Å². The van der Waals surface area contributed by atoms with Crippen LogP contribution in [-0.4, -0.2) is 36.5 Å². The minimum absolute atomic E-state index is 0.0187. The van der Waals surface area contributed by atoms with Crippen molar-refractivity contribution in [2.75, 3.05) is 0 Å². The molecule has 8 heteroatoms. The monoisotopic (exact) mass is 397 g/mol. The van der Waals surface area contributed by atoms with E-state index in [1.807, 2.05) is 37.3 Å². The molecule has 0 radical (unpaired) electrons. The van der Waals surface area contributed by atoms with Crippen molar-refractivity contribution in [3.8, 4) is 11.4 Å². The summed E-state index contributed by atoms with van der Waals surface area (Å²) in [6.07, 6.45) is 1.85. The number of carbonyl (C=O) groups is 1. The Bertz CT molecular complexity index is 898. The van der Waals surface area contributed by atoms with Crippen LogP contribution in [0.5, 0.6) is 5.75 Å². The van der Waals surface area contributed by atoms with Gasteiger partial charge < -0.3 is 10.4 Å². The molecule has 2 atom stereocenters. The lowest BCUT2D eigenvalue weighted by atomic mass is 10.0. The van der Waals surface area contributed by atoms with Crippen LogP contribution in [0, 0.1) is 0 Å². The molecule has 1 heterocycles. The topological polar surface area (TPSA) is 92.9 Å². The Balaban J connectivity index is 1.69. The van der Waals surface area contributed by atoms with Gasteiger partial charge in [0.25, 0.3) is 0 Å². The Labute approximate surface area is 168 Å². The fraction of sp³-hybridized carbons (Fsp3) is 0.300. The molecular weight excluding hydrogens is 374 g/mol. The lowest BCUT2D eigenvalue weighted by molar-refractivity contribution is -0.121. The van der Waals surface area contributed by atoms with E-state index in [2.05, 4.69) is 27.8 Å². The summed E-state index contributed by atoms with van der Waals surface area (Å²) in [5.41, 5.74) is 1.81. The maximum atomic E-state index is 12.8. The van der Waals surface area contributed by atoms with Gasteiger partial charge in [-0.1, -0.05) is 55.4 Å². The third-order valence-electron chi connectivity index (χ3n) is 4.28. The number of hydrogen-bond acceptors (Lipinski definition) is 6. The second-order valence-electron chi connectivity index (χ2n) is 6.41. The zero-order valence-electron chi connectivity index (χ0n) is 15.8. The highest BCUT2D eigenvalue weighted by molar-refractivity contribution is 8.00. The highest BCUT2D eigenvalue weighted by Gasteiger charge is 2.22. The number of nitrogens with one attached hydrogen (secondary N) is 1. The molecule has 0 saturated carbocycles. The van der Waals surface area contributed by atoms with Crippen LogP contribution in [0.1, 0.15) is 38.3 Å². The molecule has 28 heavy (non-hydrogen) atoms. The molecule has 1 amide bonds. The van der Waals surface area contributed by atoms with Gasteiger partial charge in [0.05, 0.1) is 17.0 Å². The van der Waals surface area contributed by atoms with Gasteiger partial charge in [0.2, 0.25) is 11.1 Å². The first-order valence-corrected chi connectivity index (χ1v) is 10.1. The molecule has 0 aliphatic heterocycles.